The molecule has 0 amide bonds. The summed E-state index contributed by atoms with van der Waals surface area (Å²) in [5, 5.41) is 0. The highest BCUT2D eigenvalue weighted by Gasteiger charge is 2.16. The van der Waals surface area contributed by atoms with E-state index in [9.17, 15) is 0 Å². The summed E-state index contributed by atoms with van der Waals surface area (Å²) < 4.78 is 5.19. The lowest BCUT2D eigenvalue weighted by molar-refractivity contribution is 0.313. The molecule has 3 heteroatoms. The molecule has 0 spiro atoms. The molecule has 2 rings (SSSR count). The molecule has 0 radical (unpaired) electrons. The smallest absolute Gasteiger partial charge is 0.118 e. The number of methoxy groups -OCH3 is 1. The summed E-state index contributed by atoms with van der Waals surface area (Å²) in [6.45, 7) is 0. The Labute approximate surface area is 122 Å². The molecule has 1 aromatic rings. The number of hydrogen-bond donors (Lipinski definition) is 2. The zero-order valence-corrected chi connectivity index (χ0v) is 12.6. The van der Waals surface area contributed by atoms with Crippen molar-refractivity contribution in [1.82, 2.24) is 5.43 Å². The molecule has 0 heterocycles. The normalized spacial score (nSPS) is 17.9. The lowest BCUT2D eigenvalue weighted by Crippen LogP contribution is -2.37. The van der Waals surface area contributed by atoms with Crippen LogP contribution in [0, 0.1) is 5.92 Å². The minimum atomic E-state index is 0.380. The van der Waals surface area contributed by atoms with Gasteiger partial charge in [-0.25, -0.2) is 0 Å². The molecule has 1 aliphatic carbocycles. The summed E-state index contributed by atoms with van der Waals surface area (Å²) in [4.78, 5) is 0. The lowest BCUT2D eigenvalue weighted by atomic mass is 9.84. The molecule has 1 fully saturated rings. The number of rotatable bonds is 7. The van der Waals surface area contributed by atoms with Gasteiger partial charge in [-0.3, -0.25) is 11.3 Å². The molecular weight excluding hydrogens is 248 g/mol. The minimum absolute atomic E-state index is 0.380. The van der Waals surface area contributed by atoms with Crippen molar-refractivity contribution in [2.75, 3.05) is 7.11 Å². The van der Waals surface area contributed by atoms with Gasteiger partial charge in [0, 0.05) is 6.04 Å². The maximum atomic E-state index is 5.72. The summed E-state index contributed by atoms with van der Waals surface area (Å²) in [7, 11) is 1.70. The van der Waals surface area contributed by atoms with Gasteiger partial charge in [-0.15, -0.1) is 0 Å². The van der Waals surface area contributed by atoms with E-state index in [-0.39, 0.29) is 0 Å². The summed E-state index contributed by atoms with van der Waals surface area (Å²) in [5.74, 6) is 7.55. The predicted molar refractivity (Wildman–Crippen MR) is 83.6 cm³/mol. The van der Waals surface area contributed by atoms with Gasteiger partial charge < -0.3 is 4.74 Å². The number of nitrogens with one attached hydrogen (secondary N) is 1. The maximum absolute atomic E-state index is 5.72. The van der Waals surface area contributed by atoms with Gasteiger partial charge in [0.2, 0.25) is 0 Å². The van der Waals surface area contributed by atoms with Crippen LogP contribution in [-0.4, -0.2) is 13.2 Å². The third kappa shape index (κ3) is 4.80. The molecule has 3 nitrogen and oxygen atoms in total. The molecule has 1 aromatic carbocycles. The van der Waals surface area contributed by atoms with Crippen LogP contribution in [0.2, 0.25) is 0 Å². The van der Waals surface area contributed by atoms with Crippen LogP contribution < -0.4 is 16.0 Å². The zero-order valence-electron chi connectivity index (χ0n) is 12.6. The minimum Gasteiger partial charge on any atom is -0.497 e. The van der Waals surface area contributed by atoms with Crippen molar-refractivity contribution >= 4 is 0 Å². The van der Waals surface area contributed by atoms with Gasteiger partial charge in [-0.2, -0.15) is 0 Å². The Morgan fingerprint density at radius 3 is 2.50 bits per heavy atom. The first kappa shape index (κ1) is 15.3. The van der Waals surface area contributed by atoms with Crippen LogP contribution in [0.4, 0.5) is 0 Å². The molecule has 3 N–H and O–H groups in total. The summed E-state index contributed by atoms with van der Waals surface area (Å²) in [6, 6.07) is 8.67. The SMILES string of the molecule is COc1ccc(CC(CCC2CCCCC2)NN)cc1. The van der Waals surface area contributed by atoms with Crippen LogP contribution in [0.3, 0.4) is 0 Å². The number of ether oxygens (including phenoxy) is 1. The van der Waals surface area contributed by atoms with Crippen LogP contribution >= 0.6 is 0 Å². The van der Waals surface area contributed by atoms with Crippen molar-refractivity contribution in [3.05, 3.63) is 29.8 Å². The number of hydrazine groups is 1. The second-order valence-electron chi connectivity index (χ2n) is 6.00. The highest BCUT2D eigenvalue weighted by atomic mass is 16.5. The number of benzene rings is 1. The van der Waals surface area contributed by atoms with Gasteiger partial charge >= 0.3 is 0 Å². The molecule has 1 unspecified atom stereocenters. The van der Waals surface area contributed by atoms with E-state index in [0.29, 0.717) is 6.04 Å². The van der Waals surface area contributed by atoms with E-state index >= 15 is 0 Å². The monoisotopic (exact) mass is 276 g/mol. The summed E-state index contributed by atoms with van der Waals surface area (Å²) >= 11 is 0. The van der Waals surface area contributed by atoms with Crippen molar-refractivity contribution in [1.29, 1.82) is 0 Å². The van der Waals surface area contributed by atoms with E-state index in [2.05, 4.69) is 17.6 Å². The lowest BCUT2D eigenvalue weighted by Gasteiger charge is -2.24. The van der Waals surface area contributed by atoms with Crippen LogP contribution in [0.1, 0.15) is 50.5 Å². The molecule has 112 valence electrons. The fourth-order valence-corrected chi connectivity index (χ4v) is 3.20. The van der Waals surface area contributed by atoms with Crippen molar-refractivity contribution in [3.63, 3.8) is 0 Å². The largest absolute Gasteiger partial charge is 0.497 e. The highest BCUT2D eigenvalue weighted by Crippen LogP contribution is 2.28. The standard InChI is InChI=1S/C17H28N2O/c1-20-17-11-8-15(9-12-17)13-16(19-18)10-7-14-5-3-2-4-6-14/h8-9,11-12,14,16,19H,2-7,10,13,18H2,1H3. The van der Waals surface area contributed by atoms with Crippen molar-refractivity contribution in [2.45, 2.75) is 57.4 Å². The van der Waals surface area contributed by atoms with Gasteiger partial charge in [0.05, 0.1) is 7.11 Å². The molecule has 20 heavy (non-hydrogen) atoms. The van der Waals surface area contributed by atoms with E-state index in [4.69, 9.17) is 10.6 Å². The second-order valence-corrected chi connectivity index (χ2v) is 6.00. The Bertz CT molecular complexity index is 371. The molecule has 0 aliphatic heterocycles. The van der Waals surface area contributed by atoms with E-state index in [0.717, 1.165) is 18.1 Å². The highest BCUT2D eigenvalue weighted by molar-refractivity contribution is 5.27. The average Bonchev–Trinajstić information content (AvgIpc) is 2.53. The van der Waals surface area contributed by atoms with Gasteiger partial charge in [0.25, 0.3) is 0 Å². The first-order valence-electron chi connectivity index (χ1n) is 7.91. The Morgan fingerprint density at radius 2 is 1.90 bits per heavy atom. The predicted octanol–water partition coefficient (Wildman–Crippen LogP) is 3.43. The zero-order chi connectivity index (χ0) is 14.2. The maximum Gasteiger partial charge on any atom is 0.118 e. The fraction of sp³-hybridized carbons (Fsp3) is 0.647. The van der Waals surface area contributed by atoms with E-state index in [1.165, 1.54) is 50.5 Å². The second kappa shape index (κ2) is 8.28. The van der Waals surface area contributed by atoms with Gasteiger partial charge in [-0.1, -0.05) is 44.2 Å². The van der Waals surface area contributed by atoms with Crippen LogP contribution in [0.5, 0.6) is 5.75 Å². The van der Waals surface area contributed by atoms with Crippen molar-refractivity contribution < 1.29 is 4.74 Å². The van der Waals surface area contributed by atoms with Crippen molar-refractivity contribution in [3.8, 4) is 5.75 Å². The summed E-state index contributed by atoms with van der Waals surface area (Å²) in [6.07, 6.45) is 10.6. The third-order valence-electron chi connectivity index (χ3n) is 4.52. The van der Waals surface area contributed by atoms with E-state index in [1.807, 2.05) is 12.1 Å². The topological polar surface area (TPSA) is 47.3 Å². The van der Waals surface area contributed by atoms with Crippen LogP contribution in [0.25, 0.3) is 0 Å². The van der Waals surface area contributed by atoms with Gasteiger partial charge in [-0.05, 0) is 42.9 Å². The fourth-order valence-electron chi connectivity index (χ4n) is 3.20. The third-order valence-corrected chi connectivity index (χ3v) is 4.52. The molecule has 1 atom stereocenters. The van der Waals surface area contributed by atoms with E-state index < -0.39 is 0 Å². The first-order valence-corrected chi connectivity index (χ1v) is 7.91. The Balaban J connectivity index is 1.78. The quantitative estimate of drug-likeness (QED) is 0.592. The molecular formula is C17H28N2O. The van der Waals surface area contributed by atoms with Gasteiger partial charge in [0.15, 0.2) is 0 Å². The Kier molecular flexibility index (Phi) is 6.34. The molecule has 0 saturated heterocycles. The molecule has 0 bridgehead atoms. The molecule has 1 saturated carbocycles. The number of nitrogens with two attached hydrogens (primary N) is 1. The summed E-state index contributed by atoms with van der Waals surface area (Å²) in [5.41, 5.74) is 4.30. The average molecular weight is 276 g/mol. The van der Waals surface area contributed by atoms with Gasteiger partial charge in [0.1, 0.15) is 5.75 Å². The van der Waals surface area contributed by atoms with Crippen LogP contribution in [-0.2, 0) is 6.42 Å². The van der Waals surface area contributed by atoms with Crippen molar-refractivity contribution in [2.24, 2.45) is 11.8 Å². The molecule has 0 aromatic heterocycles. The van der Waals surface area contributed by atoms with Crippen LogP contribution in [0.15, 0.2) is 24.3 Å². The first-order chi connectivity index (χ1) is 9.81. The van der Waals surface area contributed by atoms with E-state index in [1.54, 1.807) is 7.11 Å². The Morgan fingerprint density at radius 1 is 1.20 bits per heavy atom. The molecule has 1 aliphatic rings. The Hall–Kier alpha value is -1.06. The number of hydrogen-bond acceptors (Lipinski definition) is 3.